The van der Waals surface area contributed by atoms with Crippen LogP contribution in [0.3, 0.4) is 0 Å². The lowest BCUT2D eigenvalue weighted by Crippen LogP contribution is -2.43. The molecular weight excluding hydrogens is 294 g/mol. The predicted molar refractivity (Wildman–Crippen MR) is 77.1 cm³/mol. The second kappa shape index (κ2) is 6.85. The van der Waals surface area contributed by atoms with Crippen LogP contribution in [-0.2, 0) is 4.79 Å². The van der Waals surface area contributed by atoms with Crippen molar-refractivity contribution in [1.29, 1.82) is 0 Å². The Morgan fingerprint density at radius 3 is 2.38 bits per heavy atom. The van der Waals surface area contributed by atoms with E-state index in [0.717, 1.165) is 25.7 Å². The highest BCUT2D eigenvalue weighted by atomic mass is 35.5. The van der Waals surface area contributed by atoms with Gasteiger partial charge in [-0.25, -0.2) is 0 Å². The lowest BCUT2D eigenvalue weighted by molar-refractivity contribution is -0.149. The molecule has 0 saturated heterocycles. The van der Waals surface area contributed by atoms with Crippen molar-refractivity contribution in [3.8, 4) is 0 Å². The van der Waals surface area contributed by atoms with Gasteiger partial charge in [-0.1, -0.05) is 37.3 Å². The van der Waals surface area contributed by atoms with Crippen molar-refractivity contribution in [2.24, 2.45) is 5.41 Å². The summed E-state index contributed by atoms with van der Waals surface area (Å²) < 4.78 is 0. The van der Waals surface area contributed by atoms with E-state index in [-0.39, 0.29) is 17.4 Å². The van der Waals surface area contributed by atoms with E-state index in [1.807, 2.05) is 0 Å². The highest BCUT2D eigenvalue weighted by Crippen LogP contribution is 2.34. The zero-order chi connectivity index (χ0) is 15.3. The van der Waals surface area contributed by atoms with Crippen molar-refractivity contribution in [2.75, 3.05) is 6.54 Å². The number of halogens is 1. The van der Waals surface area contributed by atoms with Crippen LogP contribution in [0.5, 0.6) is 0 Å². The molecule has 0 unspecified atom stereocenters. The molecule has 1 aromatic rings. The van der Waals surface area contributed by atoms with Gasteiger partial charge in [0.05, 0.1) is 5.41 Å². The van der Waals surface area contributed by atoms with Gasteiger partial charge in [0.25, 0.3) is 5.91 Å². The molecule has 2 rings (SSSR count). The Morgan fingerprint density at radius 1 is 1.19 bits per heavy atom. The first kappa shape index (κ1) is 15.7. The van der Waals surface area contributed by atoms with Gasteiger partial charge < -0.3 is 10.4 Å². The van der Waals surface area contributed by atoms with Gasteiger partial charge in [-0.2, -0.15) is 0 Å². The van der Waals surface area contributed by atoms with E-state index in [1.165, 1.54) is 12.1 Å². The van der Waals surface area contributed by atoms with Gasteiger partial charge in [0, 0.05) is 6.54 Å². The van der Waals surface area contributed by atoms with Crippen molar-refractivity contribution >= 4 is 23.5 Å². The maximum absolute atomic E-state index is 12.0. The standard InChI is InChI=1S/C14H18ClN3O3/c15-11-6-5-10(17-18-11)12(19)16-9-14(13(20)21)7-3-1-2-4-8-14/h5-6H,1-4,7-9H2,(H,16,19)(H,20,21). The molecule has 0 bridgehead atoms. The van der Waals surface area contributed by atoms with Gasteiger partial charge in [0.2, 0.25) is 0 Å². The molecule has 1 aliphatic rings. The fourth-order valence-corrected chi connectivity index (χ4v) is 2.75. The molecule has 1 amide bonds. The summed E-state index contributed by atoms with van der Waals surface area (Å²) in [6.07, 6.45) is 5.03. The van der Waals surface area contributed by atoms with Crippen molar-refractivity contribution in [2.45, 2.75) is 38.5 Å². The molecular formula is C14H18ClN3O3. The van der Waals surface area contributed by atoms with Crippen LogP contribution in [0, 0.1) is 5.41 Å². The zero-order valence-electron chi connectivity index (χ0n) is 11.6. The summed E-state index contributed by atoms with van der Waals surface area (Å²) in [5, 5.41) is 19.7. The zero-order valence-corrected chi connectivity index (χ0v) is 12.4. The number of carboxylic acid groups (broad SMARTS) is 1. The average Bonchev–Trinajstić information content (AvgIpc) is 2.72. The second-order valence-electron chi connectivity index (χ2n) is 5.42. The van der Waals surface area contributed by atoms with E-state index in [1.54, 1.807) is 0 Å². The molecule has 114 valence electrons. The van der Waals surface area contributed by atoms with Crippen LogP contribution in [0.25, 0.3) is 0 Å². The summed E-state index contributed by atoms with van der Waals surface area (Å²) >= 11 is 5.61. The molecule has 21 heavy (non-hydrogen) atoms. The molecule has 0 aliphatic heterocycles. The number of nitrogens with zero attached hydrogens (tertiary/aromatic N) is 2. The first-order chi connectivity index (χ1) is 10.0. The van der Waals surface area contributed by atoms with Crippen LogP contribution in [0.1, 0.15) is 49.0 Å². The van der Waals surface area contributed by atoms with Crippen molar-refractivity contribution < 1.29 is 14.7 Å². The number of carbonyl (C=O) groups excluding carboxylic acids is 1. The molecule has 2 N–H and O–H groups in total. The van der Waals surface area contributed by atoms with Crippen LogP contribution in [0.4, 0.5) is 0 Å². The van der Waals surface area contributed by atoms with Gasteiger partial charge in [-0.05, 0) is 25.0 Å². The van der Waals surface area contributed by atoms with Gasteiger partial charge in [-0.3, -0.25) is 9.59 Å². The third kappa shape index (κ3) is 3.91. The lowest BCUT2D eigenvalue weighted by Gasteiger charge is -2.28. The van der Waals surface area contributed by atoms with Gasteiger partial charge in [0.1, 0.15) is 0 Å². The Kier molecular flexibility index (Phi) is 5.12. The van der Waals surface area contributed by atoms with Crippen molar-refractivity contribution in [1.82, 2.24) is 15.5 Å². The molecule has 1 aliphatic carbocycles. The van der Waals surface area contributed by atoms with E-state index in [4.69, 9.17) is 11.6 Å². The SMILES string of the molecule is O=C(NCC1(C(=O)O)CCCCCC1)c1ccc(Cl)nn1. The first-order valence-electron chi connectivity index (χ1n) is 7.04. The number of hydrogen-bond donors (Lipinski definition) is 2. The summed E-state index contributed by atoms with van der Waals surface area (Å²) in [6.45, 7) is 0.117. The third-order valence-corrected chi connectivity index (χ3v) is 4.17. The van der Waals surface area contributed by atoms with Crippen LogP contribution in [0.15, 0.2) is 12.1 Å². The minimum Gasteiger partial charge on any atom is -0.481 e. The molecule has 0 radical (unpaired) electrons. The number of aromatic nitrogens is 2. The Morgan fingerprint density at radius 2 is 1.86 bits per heavy atom. The number of amides is 1. The summed E-state index contributed by atoms with van der Waals surface area (Å²) in [5.41, 5.74) is -0.736. The lowest BCUT2D eigenvalue weighted by atomic mass is 9.80. The molecule has 0 aromatic carbocycles. The molecule has 1 heterocycles. The fourth-order valence-electron chi connectivity index (χ4n) is 2.65. The van der Waals surface area contributed by atoms with Gasteiger partial charge in [-0.15, -0.1) is 10.2 Å². The minimum absolute atomic E-state index is 0.117. The predicted octanol–water partition coefficient (Wildman–Crippen LogP) is 2.28. The summed E-state index contributed by atoms with van der Waals surface area (Å²) in [4.78, 5) is 23.6. The maximum Gasteiger partial charge on any atom is 0.311 e. The molecule has 6 nitrogen and oxygen atoms in total. The summed E-state index contributed by atoms with van der Waals surface area (Å²) in [6, 6.07) is 2.94. The quantitative estimate of drug-likeness (QED) is 0.832. The van der Waals surface area contributed by atoms with Crippen LogP contribution in [0.2, 0.25) is 5.15 Å². The molecule has 1 fully saturated rings. The molecule has 0 spiro atoms. The smallest absolute Gasteiger partial charge is 0.311 e. The fraction of sp³-hybridized carbons (Fsp3) is 0.571. The van der Waals surface area contributed by atoms with Crippen molar-refractivity contribution in [3.05, 3.63) is 23.0 Å². The monoisotopic (exact) mass is 311 g/mol. The molecule has 0 atom stereocenters. The van der Waals surface area contributed by atoms with Crippen molar-refractivity contribution in [3.63, 3.8) is 0 Å². The average molecular weight is 312 g/mol. The van der Waals surface area contributed by atoms with Crippen LogP contribution >= 0.6 is 11.6 Å². The first-order valence-corrected chi connectivity index (χ1v) is 7.42. The third-order valence-electron chi connectivity index (χ3n) is 3.97. The number of carboxylic acids is 1. The second-order valence-corrected chi connectivity index (χ2v) is 5.81. The Bertz CT molecular complexity index is 511. The topological polar surface area (TPSA) is 92.2 Å². The highest BCUT2D eigenvalue weighted by Gasteiger charge is 2.39. The Hall–Kier alpha value is -1.69. The maximum atomic E-state index is 12.0. The largest absolute Gasteiger partial charge is 0.481 e. The van der Waals surface area contributed by atoms with Gasteiger partial charge in [0.15, 0.2) is 10.8 Å². The normalized spacial score (nSPS) is 17.8. The number of carbonyl (C=O) groups is 2. The molecule has 1 aromatic heterocycles. The number of aliphatic carboxylic acids is 1. The minimum atomic E-state index is -0.869. The van der Waals surface area contributed by atoms with E-state index in [9.17, 15) is 14.7 Å². The molecule has 7 heteroatoms. The summed E-state index contributed by atoms with van der Waals surface area (Å²) in [7, 11) is 0. The Balaban J connectivity index is 2.02. The molecule has 1 saturated carbocycles. The van der Waals surface area contributed by atoms with E-state index < -0.39 is 17.3 Å². The van der Waals surface area contributed by atoms with E-state index >= 15 is 0 Å². The van der Waals surface area contributed by atoms with E-state index in [2.05, 4.69) is 15.5 Å². The summed E-state index contributed by atoms with van der Waals surface area (Å²) in [5.74, 6) is -1.27. The van der Waals surface area contributed by atoms with Crippen LogP contribution in [-0.4, -0.2) is 33.7 Å². The van der Waals surface area contributed by atoms with Crippen LogP contribution < -0.4 is 5.32 Å². The number of hydrogen-bond acceptors (Lipinski definition) is 4. The number of nitrogens with one attached hydrogen (secondary N) is 1. The van der Waals surface area contributed by atoms with E-state index in [0.29, 0.717) is 12.8 Å². The Labute approximate surface area is 127 Å². The number of rotatable bonds is 4. The highest BCUT2D eigenvalue weighted by molar-refractivity contribution is 6.29. The van der Waals surface area contributed by atoms with Gasteiger partial charge >= 0.3 is 5.97 Å².